The molecule has 7 heteroatoms. The molecule has 33 heavy (non-hydrogen) atoms. The van der Waals surface area contributed by atoms with Crippen molar-refractivity contribution in [2.45, 2.75) is 45.8 Å². The van der Waals surface area contributed by atoms with E-state index in [4.69, 9.17) is 9.15 Å². The maximum absolute atomic E-state index is 13.0. The number of ether oxygens (including phenoxy) is 1. The first kappa shape index (κ1) is 22.6. The standard InChI is InChI=1S/C26H27NO6/c1-15-7-4-5-8-19(15)22-14-24(28)33-23-13-18(10-11-21(22)23)32-17(3)25(29)27-12-6-9-20(16(27)2)26(30)31/h4-5,7-8,10-11,13-14,16-17,20H,6,9,12H2,1-3H3,(H,30,31). The molecule has 7 nitrogen and oxygen atoms in total. The van der Waals surface area contributed by atoms with Gasteiger partial charge in [0.25, 0.3) is 5.91 Å². The second-order valence-corrected chi connectivity index (χ2v) is 8.57. The number of carboxylic acids is 1. The van der Waals surface area contributed by atoms with E-state index in [-0.39, 0.29) is 5.91 Å². The van der Waals surface area contributed by atoms with Crippen LogP contribution in [0.15, 0.2) is 57.7 Å². The lowest BCUT2D eigenvalue weighted by molar-refractivity contribution is -0.151. The van der Waals surface area contributed by atoms with Crippen LogP contribution in [0.5, 0.6) is 5.75 Å². The van der Waals surface area contributed by atoms with E-state index < -0.39 is 29.7 Å². The van der Waals surface area contributed by atoms with Crippen molar-refractivity contribution in [3.8, 4) is 16.9 Å². The predicted molar refractivity (Wildman–Crippen MR) is 124 cm³/mol. The van der Waals surface area contributed by atoms with Crippen LogP contribution in [0.4, 0.5) is 0 Å². The van der Waals surface area contributed by atoms with E-state index in [1.54, 1.807) is 30.9 Å². The summed E-state index contributed by atoms with van der Waals surface area (Å²) in [6.45, 7) is 5.89. The second kappa shape index (κ2) is 9.10. The fraction of sp³-hybridized carbons (Fsp3) is 0.346. The van der Waals surface area contributed by atoms with Crippen LogP contribution in [-0.4, -0.2) is 40.6 Å². The van der Waals surface area contributed by atoms with Crippen molar-refractivity contribution in [2.24, 2.45) is 5.92 Å². The van der Waals surface area contributed by atoms with Crippen molar-refractivity contribution in [3.05, 3.63) is 64.5 Å². The van der Waals surface area contributed by atoms with Gasteiger partial charge in [-0.3, -0.25) is 9.59 Å². The highest BCUT2D eigenvalue weighted by molar-refractivity contribution is 5.94. The lowest BCUT2D eigenvalue weighted by Gasteiger charge is -2.38. The first-order valence-corrected chi connectivity index (χ1v) is 11.1. The monoisotopic (exact) mass is 449 g/mol. The molecule has 3 aromatic rings. The molecular weight excluding hydrogens is 422 g/mol. The molecule has 0 saturated carbocycles. The third-order valence-electron chi connectivity index (χ3n) is 6.40. The zero-order chi connectivity index (χ0) is 23.7. The third kappa shape index (κ3) is 4.49. The first-order chi connectivity index (χ1) is 15.8. The van der Waals surface area contributed by atoms with E-state index >= 15 is 0 Å². The van der Waals surface area contributed by atoms with Crippen LogP contribution < -0.4 is 10.4 Å². The lowest BCUT2D eigenvalue weighted by Crippen LogP contribution is -2.52. The Labute approximate surface area is 191 Å². The Morgan fingerprint density at radius 1 is 1.15 bits per heavy atom. The van der Waals surface area contributed by atoms with Gasteiger partial charge >= 0.3 is 11.6 Å². The predicted octanol–water partition coefficient (Wildman–Crippen LogP) is 4.25. The van der Waals surface area contributed by atoms with Gasteiger partial charge < -0.3 is 19.2 Å². The quantitative estimate of drug-likeness (QED) is 0.585. The maximum Gasteiger partial charge on any atom is 0.336 e. The Balaban J connectivity index is 1.59. The van der Waals surface area contributed by atoms with Gasteiger partial charge in [0.05, 0.1) is 5.92 Å². The number of hydrogen-bond acceptors (Lipinski definition) is 5. The van der Waals surface area contributed by atoms with Gasteiger partial charge in [-0.15, -0.1) is 0 Å². The lowest BCUT2D eigenvalue weighted by atomic mass is 9.90. The zero-order valence-corrected chi connectivity index (χ0v) is 18.9. The summed E-state index contributed by atoms with van der Waals surface area (Å²) >= 11 is 0. The number of hydrogen-bond donors (Lipinski definition) is 1. The molecule has 2 heterocycles. The highest BCUT2D eigenvalue weighted by Crippen LogP contribution is 2.32. The molecule has 1 N–H and O–H groups in total. The Hall–Kier alpha value is -3.61. The van der Waals surface area contributed by atoms with Crippen LogP contribution in [0.2, 0.25) is 0 Å². The maximum atomic E-state index is 13.0. The number of rotatable bonds is 5. The van der Waals surface area contributed by atoms with Crippen molar-refractivity contribution < 1.29 is 23.8 Å². The van der Waals surface area contributed by atoms with Gasteiger partial charge in [-0.25, -0.2) is 4.79 Å². The Morgan fingerprint density at radius 2 is 1.91 bits per heavy atom. The number of likely N-dealkylation sites (tertiary alicyclic amines) is 1. The van der Waals surface area contributed by atoms with Crippen LogP contribution >= 0.6 is 0 Å². The molecule has 0 bridgehead atoms. The number of piperidine rings is 1. The number of carbonyl (C=O) groups excluding carboxylic acids is 1. The summed E-state index contributed by atoms with van der Waals surface area (Å²) in [4.78, 5) is 38.3. The number of carboxylic acid groups (broad SMARTS) is 1. The smallest absolute Gasteiger partial charge is 0.336 e. The van der Waals surface area contributed by atoms with Crippen LogP contribution in [0.3, 0.4) is 0 Å². The molecule has 1 fully saturated rings. The molecule has 3 atom stereocenters. The van der Waals surface area contributed by atoms with Crippen LogP contribution in [0, 0.1) is 12.8 Å². The molecule has 1 aliphatic heterocycles. The van der Waals surface area contributed by atoms with Gasteiger partial charge in [-0.2, -0.15) is 0 Å². The molecule has 172 valence electrons. The van der Waals surface area contributed by atoms with Gasteiger partial charge in [-0.05, 0) is 56.9 Å². The Morgan fingerprint density at radius 3 is 2.64 bits per heavy atom. The fourth-order valence-electron chi connectivity index (χ4n) is 4.59. The van der Waals surface area contributed by atoms with Crippen molar-refractivity contribution in [3.63, 3.8) is 0 Å². The van der Waals surface area contributed by atoms with E-state index in [1.165, 1.54) is 6.07 Å². The number of nitrogens with zero attached hydrogens (tertiary/aromatic N) is 1. The largest absolute Gasteiger partial charge is 0.481 e. The van der Waals surface area contributed by atoms with Crippen molar-refractivity contribution in [2.75, 3.05) is 6.54 Å². The van der Waals surface area contributed by atoms with Crippen LogP contribution in [0.1, 0.15) is 32.3 Å². The molecular formula is C26H27NO6. The third-order valence-corrected chi connectivity index (χ3v) is 6.40. The SMILES string of the molecule is Cc1ccccc1-c1cc(=O)oc2cc(OC(C)C(=O)N3CCCC(C(=O)O)C3C)ccc12. The molecule has 0 radical (unpaired) electrons. The van der Waals surface area contributed by atoms with E-state index in [2.05, 4.69) is 0 Å². The summed E-state index contributed by atoms with van der Waals surface area (Å²) < 4.78 is 11.3. The summed E-state index contributed by atoms with van der Waals surface area (Å²) in [6.07, 6.45) is 0.383. The highest BCUT2D eigenvalue weighted by Gasteiger charge is 2.37. The topological polar surface area (TPSA) is 97.0 Å². The van der Waals surface area contributed by atoms with Gasteiger partial charge in [0.1, 0.15) is 11.3 Å². The van der Waals surface area contributed by atoms with E-state index in [0.717, 1.165) is 22.1 Å². The van der Waals surface area contributed by atoms with E-state index in [9.17, 15) is 19.5 Å². The van der Waals surface area contributed by atoms with Crippen molar-refractivity contribution >= 4 is 22.8 Å². The molecule has 4 rings (SSSR count). The summed E-state index contributed by atoms with van der Waals surface area (Å²) in [5.41, 5.74) is 2.66. The number of fused-ring (bicyclic) bond motifs is 1. The minimum absolute atomic E-state index is 0.260. The molecule has 1 amide bonds. The number of amides is 1. The van der Waals surface area contributed by atoms with E-state index in [0.29, 0.717) is 30.7 Å². The molecule has 2 aromatic carbocycles. The summed E-state index contributed by atoms with van der Waals surface area (Å²) in [6, 6.07) is 14.1. The van der Waals surface area contributed by atoms with Crippen LogP contribution in [-0.2, 0) is 9.59 Å². The number of benzene rings is 2. The summed E-state index contributed by atoms with van der Waals surface area (Å²) in [5.74, 6) is -1.33. The van der Waals surface area contributed by atoms with E-state index in [1.807, 2.05) is 37.3 Å². The molecule has 1 saturated heterocycles. The van der Waals surface area contributed by atoms with Crippen molar-refractivity contribution in [1.82, 2.24) is 4.90 Å². The normalized spacial score (nSPS) is 19.3. The Kier molecular flexibility index (Phi) is 6.22. The van der Waals surface area contributed by atoms with Crippen LogP contribution in [0.25, 0.3) is 22.1 Å². The number of aryl methyl sites for hydroxylation is 1. The molecule has 0 aliphatic carbocycles. The molecule has 3 unspecified atom stereocenters. The van der Waals surface area contributed by atoms with Gasteiger partial charge in [0.2, 0.25) is 0 Å². The average molecular weight is 450 g/mol. The molecule has 1 aromatic heterocycles. The fourth-order valence-corrected chi connectivity index (χ4v) is 4.59. The number of aliphatic carboxylic acids is 1. The zero-order valence-electron chi connectivity index (χ0n) is 18.9. The Bertz CT molecular complexity index is 1260. The highest BCUT2D eigenvalue weighted by atomic mass is 16.5. The summed E-state index contributed by atoms with van der Waals surface area (Å²) in [5, 5.41) is 10.2. The molecule has 1 aliphatic rings. The van der Waals surface area contributed by atoms with Gasteiger partial charge in [0, 0.05) is 35.7 Å². The molecule has 0 spiro atoms. The number of carbonyl (C=O) groups is 2. The summed E-state index contributed by atoms with van der Waals surface area (Å²) in [7, 11) is 0. The minimum Gasteiger partial charge on any atom is -0.481 e. The van der Waals surface area contributed by atoms with Gasteiger partial charge in [-0.1, -0.05) is 24.3 Å². The van der Waals surface area contributed by atoms with Gasteiger partial charge in [0.15, 0.2) is 6.10 Å². The minimum atomic E-state index is -0.886. The van der Waals surface area contributed by atoms with Crippen molar-refractivity contribution in [1.29, 1.82) is 0 Å². The first-order valence-electron chi connectivity index (χ1n) is 11.1. The second-order valence-electron chi connectivity index (χ2n) is 8.57. The average Bonchev–Trinajstić information content (AvgIpc) is 2.78.